The second kappa shape index (κ2) is 6.29. The van der Waals surface area contributed by atoms with E-state index in [0.717, 1.165) is 6.54 Å². The van der Waals surface area contributed by atoms with E-state index in [1.165, 1.54) is 39.2 Å². The zero-order valence-electron chi connectivity index (χ0n) is 11.4. The first-order chi connectivity index (χ1) is 9.79. The van der Waals surface area contributed by atoms with Crippen molar-refractivity contribution in [2.24, 2.45) is 5.73 Å². The Kier molecular flexibility index (Phi) is 4.44. The Morgan fingerprint density at radius 3 is 2.80 bits per heavy atom. The number of aryl methyl sites for hydroxylation is 1. The maximum atomic E-state index is 6.10. The molecule has 0 amide bonds. The Balaban J connectivity index is 1.99. The molecular formula is C16H19BrN2S. The number of thiophene rings is 1. The van der Waals surface area contributed by atoms with Crippen molar-refractivity contribution in [1.29, 1.82) is 0 Å². The minimum Gasteiger partial charge on any atom is -0.362 e. The molecule has 0 saturated carbocycles. The molecule has 0 radical (unpaired) electrons. The van der Waals surface area contributed by atoms with Gasteiger partial charge in [-0.3, -0.25) is 0 Å². The summed E-state index contributed by atoms with van der Waals surface area (Å²) >= 11 is 5.35. The van der Waals surface area contributed by atoms with Crippen LogP contribution in [0.4, 0.5) is 5.69 Å². The number of anilines is 1. The van der Waals surface area contributed by atoms with Crippen LogP contribution in [0.3, 0.4) is 0 Å². The number of halogens is 1. The Morgan fingerprint density at radius 2 is 2.05 bits per heavy atom. The average Bonchev–Trinajstić information content (AvgIpc) is 2.78. The third kappa shape index (κ3) is 2.78. The molecule has 106 valence electrons. The fourth-order valence-electron chi connectivity index (χ4n) is 2.95. The van der Waals surface area contributed by atoms with E-state index in [9.17, 15) is 0 Å². The molecule has 1 unspecified atom stereocenters. The molecule has 3 rings (SSSR count). The smallest absolute Gasteiger partial charge is 0.0757 e. The number of hydrogen-bond acceptors (Lipinski definition) is 3. The average molecular weight is 351 g/mol. The van der Waals surface area contributed by atoms with Crippen molar-refractivity contribution in [3.05, 3.63) is 50.6 Å². The van der Waals surface area contributed by atoms with Gasteiger partial charge in [0.2, 0.25) is 0 Å². The molecule has 0 aliphatic carbocycles. The Hall–Kier alpha value is -0.840. The summed E-state index contributed by atoms with van der Waals surface area (Å²) < 4.78 is 1.18. The van der Waals surface area contributed by atoms with Gasteiger partial charge in [0, 0.05) is 23.7 Å². The van der Waals surface area contributed by atoms with Crippen molar-refractivity contribution < 1.29 is 0 Å². The Bertz CT molecular complexity index is 581. The molecule has 1 aliphatic heterocycles. The Labute approximate surface area is 132 Å². The first-order valence-corrected chi connectivity index (χ1v) is 8.70. The summed E-state index contributed by atoms with van der Waals surface area (Å²) in [7, 11) is 0. The number of hydrogen-bond donors (Lipinski definition) is 1. The predicted octanol–water partition coefficient (Wildman–Crippen LogP) is 4.35. The zero-order chi connectivity index (χ0) is 13.9. The van der Waals surface area contributed by atoms with Crippen LogP contribution in [0, 0.1) is 0 Å². The van der Waals surface area contributed by atoms with Crippen molar-refractivity contribution in [3.63, 3.8) is 0 Å². The lowest BCUT2D eigenvalue weighted by molar-refractivity contribution is 0.618. The van der Waals surface area contributed by atoms with Crippen molar-refractivity contribution >= 4 is 33.0 Å². The molecular weight excluding hydrogens is 332 g/mol. The van der Waals surface area contributed by atoms with Gasteiger partial charge in [0.1, 0.15) is 0 Å². The quantitative estimate of drug-likeness (QED) is 0.891. The first kappa shape index (κ1) is 14.1. The number of para-hydroxylation sites is 1. The highest BCUT2D eigenvalue weighted by molar-refractivity contribution is 9.11. The van der Waals surface area contributed by atoms with Gasteiger partial charge in [-0.25, -0.2) is 0 Å². The maximum Gasteiger partial charge on any atom is 0.0757 e. The number of benzene rings is 1. The van der Waals surface area contributed by atoms with Gasteiger partial charge in [0.05, 0.1) is 9.83 Å². The van der Waals surface area contributed by atoms with Crippen LogP contribution in [0.2, 0.25) is 0 Å². The van der Waals surface area contributed by atoms with E-state index in [0.29, 0.717) is 6.54 Å². The lowest BCUT2D eigenvalue weighted by Crippen LogP contribution is -2.34. The van der Waals surface area contributed by atoms with Gasteiger partial charge in [-0.2, -0.15) is 0 Å². The van der Waals surface area contributed by atoms with E-state index in [-0.39, 0.29) is 6.04 Å². The molecule has 2 N–H and O–H groups in total. The van der Waals surface area contributed by atoms with Crippen molar-refractivity contribution in [2.75, 3.05) is 18.0 Å². The number of rotatable bonds is 3. The SMILES string of the molecule is NCC(c1ccc(Br)s1)N1CCCCc2ccccc21. The molecule has 4 heteroatoms. The van der Waals surface area contributed by atoms with Crippen molar-refractivity contribution in [2.45, 2.75) is 25.3 Å². The second-order valence-corrected chi connectivity index (χ2v) is 7.67. The van der Waals surface area contributed by atoms with Crippen molar-refractivity contribution in [3.8, 4) is 0 Å². The molecule has 2 aromatic rings. The van der Waals surface area contributed by atoms with E-state index >= 15 is 0 Å². The fourth-order valence-corrected chi connectivity index (χ4v) is 4.50. The van der Waals surface area contributed by atoms with Gasteiger partial charge in [0.15, 0.2) is 0 Å². The van der Waals surface area contributed by atoms with Crippen LogP contribution in [0.5, 0.6) is 0 Å². The van der Waals surface area contributed by atoms with Gasteiger partial charge in [-0.05, 0) is 59.0 Å². The standard InChI is InChI=1S/C16H19BrN2S/c17-16-9-8-15(20-16)14(11-18)19-10-4-3-6-12-5-1-2-7-13(12)19/h1-2,5,7-9,14H,3-4,6,10-11,18H2. The maximum absolute atomic E-state index is 6.10. The van der Waals surface area contributed by atoms with Gasteiger partial charge in [-0.1, -0.05) is 18.2 Å². The van der Waals surface area contributed by atoms with E-state index < -0.39 is 0 Å². The summed E-state index contributed by atoms with van der Waals surface area (Å²) in [6.45, 7) is 1.75. The summed E-state index contributed by atoms with van der Waals surface area (Å²) in [4.78, 5) is 3.84. The van der Waals surface area contributed by atoms with Crippen LogP contribution >= 0.6 is 27.3 Å². The molecule has 0 fully saturated rings. The molecule has 1 aromatic heterocycles. The third-order valence-corrected chi connectivity index (χ3v) is 5.64. The van der Waals surface area contributed by atoms with E-state index in [1.54, 1.807) is 11.3 Å². The molecule has 0 bridgehead atoms. The van der Waals surface area contributed by atoms with Gasteiger partial charge in [0.25, 0.3) is 0 Å². The summed E-state index contributed by atoms with van der Waals surface area (Å²) in [5.41, 5.74) is 8.93. The number of nitrogens with zero attached hydrogens (tertiary/aromatic N) is 1. The summed E-state index contributed by atoms with van der Waals surface area (Å²) in [5.74, 6) is 0. The molecule has 2 nitrogen and oxygen atoms in total. The minimum atomic E-state index is 0.283. The molecule has 1 atom stereocenters. The van der Waals surface area contributed by atoms with Crippen molar-refractivity contribution in [1.82, 2.24) is 0 Å². The largest absolute Gasteiger partial charge is 0.362 e. The van der Waals surface area contributed by atoms with E-state index in [4.69, 9.17) is 5.73 Å². The van der Waals surface area contributed by atoms with Crippen LogP contribution in [-0.4, -0.2) is 13.1 Å². The molecule has 20 heavy (non-hydrogen) atoms. The molecule has 1 aromatic carbocycles. The zero-order valence-corrected chi connectivity index (χ0v) is 13.8. The van der Waals surface area contributed by atoms with Crippen LogP contribution in [-0.2, 0) is 6.42 Å². The third-order valence-electron chi connectivity index (χ3n) is 3.92. The molecule has 2 heterocycles. The highest BCUT2D eigenvalue weighted by atomic mass is 79.9. The normalized spacial score (nSPS) is 16.6. The van der Waals surface area contributed by atoms with Gasteiger partial charge < -0.3 is 10.6 Å². The summed E-state index contributed by atoms with van der Waals surface area (Å²) in [6.07, 6.45) is 3.68. The second-order valence-electron chi connectivity index (χ2n) is 5.17. The van der Waals surface area contributed by atoms with Crippen LogP contribution in [0.25, 0.3) is 0 Å². The van der Waals surface area contributed by atoms with E-state index in [2.05, 4.69) is 57.2 Å². The first-order valence-electron chi connectivity index (χ1n) is 7.09. The van der Waals surface area contributed by atoms with Crippen LogP contribution < -0.4 is 10.6 Å². The summed E-state index contributed by atoms with van der Waals surface area (Å²) in [6, 6.07) is 13.4. The lowest BCUT2D eigenvalue weighted by atomic mass is 10.1. The topological polar surface area (TPSA) is 29.3 Å². The van der Waals surface area contributed by atoms with Crippen LogP contribution in [0.1, 0.15) is 29.3 Å². The molecule has 1 aliphatic rings. The minimum absolute atomic E-state index is 0.283. The lowest BCUT2D eigenvalue weighted by Gasteiger charge is -2.32. The highest BCUT2D eigenvalue weighted by Gasteiger charge is 2.24. The van der Waals surface area contributed by atoms with Crippen LogP contribution in [0.15, 0.2) is 40.2 Å². The highest BCUT2D eigenvalue weighted by Crippen LogP contribution is 2.36. The molecule has 0 saturated heterocycles. The number of nitrogens with two attached hydrogens (primary N) is 1. The number of fused-ring (bicyclic) bond motifs is 1. The van der Waals surface area contributed by atoms with E-state index in [1.807, 2.05) is 0 Å². The van der Waals surface area contributed by atoms with Gasteiger partial charge >= 0.3 is 0 Å². The monoisotopic (exact) mass is 350 g/mol. The van der Waals surface area contributed by atoms with Gasteiger partial charge in [-0.15, -0.1) is 11.3 Å². The summed E-state index contributed by atoms with van der Waals surface area (Å²) in [5, 5.41) is 0. The molecule has 0 spiro atoms. The fraction of sp³-hybridized carbons (Fsp3) is 0.375. The predicted molar refractivity (Wildman–Crippen MR) is 90.5 cm³/mol. The Morgan fingerprint density at radius 1 is 1.20 bits per heavy atom.